The molecule has 1 rings (SSSR count). The summed E-state index contributed by atoms with van der Waals surface area (Å²) >= 11 is 3.35. The molecule has 0 saturated carbocycles. The number of oxime groups is 1. The molecule has 1 aromatic rings. The Kier molecular flexibility index (Phi) is 5.82. The Hall–Kier alpha value is -1.56. The first-order valence-electron chi connectivity index (χ1n) is 5.94. The van der Waals surface area contributed by atoms with Gasteiger partial charge in [-0.05, 0) is 31.5 Å². The topological polar surface area (TPSA) is 78.9 Å². The number of hydrogen-bond acceptors (Lipinski definition) is 3. The quantitative estimate of drug-likeness (QED) is 0.375. The second-order valence-corrected chi connectivity index (χ2v) is 5.43. The van der Waals surface area contributed by atoms with E-state index in [1.54, 1.807) is 4.90 Å². The number of benzene rings is 1. The van der Waals surface area contributed by atoms with E-state index in [0.29, 0.717) is 6.42 Å². The van der Waals surface area contributed by atoms with Gasteiger partial charge in [-0.25, -0.2) is 0 Å². The van der Waals surface area contributed by atoms with Gasteiger partial charge in [-0.2, -0.15) is 0 Å². The Morgan fingerprint density at radius 1 is 1.42 bits per heavy atom. The monoisotopic (exact) mass is 327 g/mol. The van der Waals surface area contributed by atoms with Crippen molar-refractivity contribution >= 4 is 27.7 Å². The molecule has 0 spiro atoms. The summed E-state index contributed by atoms with van der Waals surface area (Å²) in [6.07, 6.45) is 0.296. The standard InChI is InChI=1S/C13H18BrN3O2/c1-9(2)17(8-12(15)16-19)13(18)7-10-3-5-11(14)6-4-10/h3-6,9,19H,7-8H2,1-2H3,(H2,15,16). The first kappa shape index (κ1) is 15.5. The highest BCUT2D eigenvalue weighted by Crippen LogP contribution is 2.12. The summed E-state index contributed by atoms with van der Waals surface area (Å²) in [7, 11) is 0. The van der Waals surface area contributed by atoms with E-state index in [1.165, 1.54) is 0 Å². The SMILES string of the molecule is CC(C)N(CC(N)=NO)C(=O)Cc1ccc(Br)cc1. The van der Waals surface area contributed by atoms with Crippen LogP contribution in [0.25, 0.3) is 0 Å². The minimum atomic E-state index is -0.0519. The molecular weight excluding hydrogens is 310 g/mol. The van der Waals surface area contributed by atoms with Crippen molar-refractivity contribution in [2.24, 2.45) is 10.9 Å². The van der Waals surface area contributed by atoms with Gasteiger partial charge in [-0.3, -0.25) is 4.79 Å². The van der Waals surface area contributed by atoms with Crippen LogP contribution < -0.4 is 5.73 Å². The molecule has 0 aliphatic heterocycles. The van der Waals surface area contributed by atoms with Crippen LogP contribution in [0.5, 0.6) is 0 Å². The zero-order chi connectivity index (χ0) is 14.4. The van der Waals surface area contributed by atoms with Crippen molar-refractivity contribution in [1.29, 1.82) is 0 Å². The van der Waals surface area contributed by atoms with Crippen molar-refractivity contribution in [2.45, 2.75) is 26.3 Å². The molecule has 104 valence electrons. The van der Waals surface area contributed by atoms with Crippen LogP contribution in [0.2, 0.25) is 0 Å². The van der Waals surface area contributed by atoms with E-state index >= 15 is 0 Å². The van der Waals surface area contributed by atoms with Gasteiger partial charge in [-0.15, -0.1) is 0 Å². The van der Waals surface area contributed by atoms with Crippen LogP contribution in [0.1, 0.15) is 19.4 Å². The van der Waals surface area contributed by atoms with Crippen LogP contribution >= 0.6 is 15.9 Å². The average molecular weight is 328 g/mol. The van der Waals surface area contributed by atoms with E-state index in [1.807, 2.05) is 38.1 Å². The molecule has 0 heterocycles. The van der Waals surface area contributed by atoms with Crippen molar-refractivity contribution in [3.05, 3.63) is 34.3 Å². The van der Waals surface area contributed by atoms with E-state index in [-0.39, 0.29) is 24.3 Å². The van der Waals surface area contributed by atoms with E-state index < -0.39 is 0 Å². The van der Waals surface area contributed by atoms with Gasteiger partial charge in [-0.1, -0.05) is 33.2 Å². The predicted molar refractivity (Wildman–Crippen MR) is 78.1 cm³/mol. The second kappa shape index (κ2) is 7.13. The maximum Gasteiger partial charge on any atom is 0.227 e. The fourth-order valence-electron chi connectivity index (χ4n) is 1.64. The molecule has 0 aromatic heterocycles. The summed E-state index contributed by atoms with van der Waals surface area (Å²) in [6.45, 7) is 3.91. The lowest BCUT2D eigenvalue weighted by Gasteiger charge is -2.26. The number of amides is 1. The third-order valence-electron chi connectivity index (χ3n) is 2.67. The molecule has 0 bridgehead atoms. The molecule has 0 saturated heterocycles. The summed E-state index contributed by atoms with van der Waals surface area (Å²) in [4.78, 5) is 13.8. The number of carbonyl (C=O) groups excluding carboxylic acids is 1. The molecule has 5 nitrogen and oxygen atoms in total. The van der Waals surface area contributed by atoms with Gasteiger partial charge < -0.3 is 15.8 Å². The normalized spacial score (nSPS) is 11.7. The average Bonchev–Trinajstić information content (AvgIpc) is 2.37. The van der Waals surface area contributed by atoms with Crippen LogP contribution in [-0.4, -0.2) is 34.4 Å². The van der Waals surface area contributed by atoms with Gasteiger partial charge in [0.05, 0.1) is 13.0 Å². The molecule has 0 radical (unpaired) electrons. The van der Waals surface area contributed by atoms with E-state index in [9.17, 15) is 4.79 Å². The molecule has 0 atom stereocenters. The molecular formula is C13H18BrN3O2. The third-order valence-corrected chi connectivity index (χ3v) is 3.20. The third kappa shape index (κ3) is 4.90. The summed E-state index contributed by atoms with van der Waals surface area (Å²) in [5, 5.41) is 11.5. The molecule has 0 aliphatic carbocycles. The summed E-state index contributed by atoms with van der Waals surface area (Å²) in [6, 6.07) is 7.56. The molecule has 19 heavy (non-hydrogen) atoms. The number of halogens is 1. The summed E-state index contributed by atoms with van der Waals surface area (Å²) in [5.74, 6) is -0.0261. The first-order chi connectivity index (χ1) is 8.93. The largest absolute Gasteiger partial charge is 0.409 e. The molecule has 1 aromatic carbocycles. The number of nitrogens with two attached hydrogens (primary N) is 1. The highest BCUT2D eigenvalue weighted by atomic mass is 79.9. The highest BCUT2D eigenvalue weighted by molar-refractivity contribution is 9.10. The Morgan fingerprint density at radius 2 is 2.00 bits per heavy atom. The van der Waals surface area contributed by atoms with Crippen LogP contribution in [0, 0.1) is 0 Å². The van der Waals surface area contributed by atoms with Crippen molar-refractivity contribution in [3.8, 4) is 0 Å². The lowest BCUT2D eigenvalue weighted by Crippen LogP contribution is -2.43. The fraction of sp³-hybridized carbons (Fsp3) is 0.385. The van der Waals surface area contributed by atoms with Crippen LogP contribution in [-0.2, 0) is 11.2 Å². The molecule has 0 unspecified atom stereocenters. The summed E-state index contributed by atoms with van der Waals surface area (Å²) in [5.41, 5.74) is 6.39. The Morgan fingerprint density at radius 3 is 2.47 bits per heavy atom. The Labute approximate surface area is 121 Å². The predicted octanol–water partition coefficient (Wildman–Crippen LogP) is 1.97. The smallest absolute Gasteiger partial charge is 0.227 e. The molecule has 0 fully saturated rings. The van der Waals surface area contributed by atoms with E-state index in [4.69, 9.17) is 10.9 Å². The zero-order valence-corrected chi connectivity index (χ0v) is 12.6. The minimum Gasteiger partial charge on any atom is -0.409 e. The number of rotatable bonds is 5. The number of carbonyl (C=O) groups is 1. The molecule has 0 aliphatic rings. The number of amidine groups is 1. The van der Waals surface area contributed by atoms with E-state index in [2.05, 4.69) is 21.1 Å². The number of nitrogens with zero attached hydrogens (tertiary/aromatic N) is 2. The van der Waals surface area contributed by atoms with Crippen molar-refractivity contribution < 1.29 is 10.0 Å². The first-order valence-corrected chi connectivity index (χ1v) is 6.73. The maximum absolute atomic E-state index is 12.2. The Bertz CT molecular complexity index is 457. The van der Waals surface area contributed by atoms with Crippen molar-refractivity contribution in [3.63, 3.8) is 0 Å². The van der Waals surface area contributed by atoms with Gasteiger partial charge in [0.15, 0.2) is 5.84 Å². The van der Waals surface area contributed by atoms with Gasteiger partial charge in [0.25, 0.3) is 0 Å². The van der Waals surface area contributed by atoms with Crippen LogP contribution in [0.3, 0.4) is 0 Å². The van der Waals surface area contributed by atoms with E-state index in [0.717, 1.165) is 10.0 Å². The second-order valence-electron chi connectivity index (χ2n) is 4.51. The summed E-state index contributed by atoms with van der Waals surface area (Å²) < 4.78 is 0.973. The highest BCUT2D eigenvalue weighted by Gasteiger charge is 2.18. The van der Waals surface area contributed by atoms with Crippen LogP contribution in [0.4, 0.5) is 0 Å². The molecule has 6 heteroatoms. The van der Waals surface area contributed by atoms with Gasteiger partial charge >= 0.3 is 0 Å². The van der Waals surface area contributed by atoms with Gasteiger partial charge in [0.2, 0.25) is 5.91 Å². The number of hydrogen-bond donors (Lipinski definition) is 2. The minimum absolute atomic E-state index is 0.0109. The van der Waals surface area contributed by atoms with Crippen molar-refractivity contribution in [2.75, 3.05) is 6.54 Å². The lowest BCUT2D eigenvalue weighted by atomic mass is 10.1. The van der Waals surface area contributed by atoms with Gasteiger partial charge in [0, 0.05) is 10.5 Å². The lowest BCUT2D eigenvalue weighted by molar-refractivity contribution is -0.131. The van der Waals surface area contributed by atoms with Gasteiger partial charge in [0.1, 0.15) is 0 Å². The molecule has 3 N–H and O–H groups in total. The maximum atomic E-state index is 12.2. The zero-order valence-electron chi connectivity index (χ0n) is 11.0. The van der Waals surface area contributed by atoms with Crippen molar-refractivity contribution in [1.82, 2.24) is 4.90 Å². The fourth-order valence-corrected chi connectivity index (χ4v) is 1.91. The van der Waals surface area contributed by atoms with Crippen LogP contribution in [0.15, 0.2) is 33.9 Å². The molecule has 1 amide bonds. The Balaban J connectivity index is 2.74.